The zero-order chi connectivity index (χ0) is 41.2. The first-order valence-electron chi connectivity index (χ1n) is 18.8. The van der Waals surface area contributed by atoms with Crippen molar-refractivity contribution < 1.29 is 51.3 Å². The minimum absolute atomic E-state index is 0.00694. The van der Waals surface area contributed by atoms with E-state index in [1.807, 2.05) is 24.3 Å². The number of ether oxygens (including phenoxy) is 4. The van der Waals surface area contributed by atoms with Gasteiger partial charge in [0.1, 0.15) is 26.4 Å². The molecule has 16 heteroatoms. The van der Waals surface area contributed by atoms with Crippen molar-refractivity contribution in [3.8, 4) is 0 Å². The van der Waals surface area contributed by atoms with Gasteiger partial charge in [0, 0.05) is 39.3 Å². The second-order valence-electron chi connectivity index (χ2n) is 13.1. The molecule has 13 nitrogen and oxygen atoms in total. The van der Waals surface area contributed by atoms with Crippen molar-refractivity contribution in [2.24, 2.45) is 0 Å². The maximum atomic E-state index is 12.9. The molecule has 1 aliphatic heterocycles. The maximum absolute atomic E-state index is 12.9. The van der Waals surface area contributed by atoms with Crippen LogP contribution in [0, 0.1) is 0 Å². The number of carbonyl (C=O) groups is 4. The summed E-state index contributed by atoms with van der Waals surface area (Å²) in [5, 5.41) is 17.3. The fraction of sp³-hybridized carbons (Fsp3) is 0.333. The van der Waals surface area contributed by atoms with Crippen LogP contribution < -0.4 is 26.6 Å². The molecule has 0 unspecified atom stereocenters. The summed E-state index contributed by atoms with van der Waals surface area (Å²) in [6, 6.07) is 33.7. The molecule has 5 rings (SSSR count). The molecule has 0 bridgehead atoms. The summed E-state index contributed by atoms with van der Waals surface area (Å²) in [6.07, 6.45) is 0. The number of rotatable bonds is 12. The van der Waals surface area contributed by atoms with Gasteiger partial charge in [-0.15, -0.1) is 0 Å². The molecule has 0 aromatic heterocycles. The molecule has 1 saturated heterocycles. The predicted octanol–water partition coefficient (Wildman–Crippen LogP) is 4.23. The normalized spacial score (nSPS) is 19.1. The van der Waals surface area contributed by atoms with E-state index >= 15 is 0 Å². The Morgan fingerprint density at radius 2 is 0.690 bits per heavy atom. The average Bonchev–Trinajstić information content (AvgIpc) is 3.28. The molecule has 0 spiro atoms. The Labute approximate surface area is 353 Å². The first kappa shape index (κ1) is 46.4. The third kappa shape index (κ3) is 17.7. The van der Waals surface area contributed by atoms with Gasteiger partial charge in [-0.25, -0.2) is 19.2 Å². The van der Waals surface area contributed by atoms with Crippen molar-refractivity contribution in [1.29, 1.82) is 0 Å². The van der Waals surface area contributed by atoms with Crippen molar-refractivity contribution in [1.82, 2.24) is 26.6 Å². The number of benzene rings is 4. The number of esters is 4. The molecule has 1 heterocycles. The second kappa shape index (κ2) is 27.4. The molecule has 4 atom stereocenters. The molecule has 1 aliphatic rings. The molecule has 58 heavy (non-hydrogen) atoms. The van der Waals surface area contributed by atoms with E-state index in [0.29, 0.717) is 61.5 Å². The standard InChI is InChI=1S/C42H49N5O8.2ClH.Mn/c48-39(31-13-5-1-6-14-31)52-27-35-23-43-21-22-44-36(28-53-40(49)32-15-7-2-8-16-32)24-46-38(30-55-42(51)34-19-11-4-12-20-34)26-47-37(25-45-35)29-54-41(50)33-17-9-3-10-18-33;;;/h1-20,35-38,43-47H,21-30H2;2*1H;/q;;;+2/p-2/t35-,36+,37+,38-;;;/m0.../s1. The van der Waals surface area contributed by atoms with Crippen LogP contribution in [0.15, 0.2) is 121 Å². The zero-order valence-corrected chi connectivity index (χ0v) is 34.5. The first-order valence-corrected chi connectivity index (χ1v) is 22.0. The topological polar surface area (TPSA) is 165 Å². The van der Waals surface area contributed by atoms with Gasteiger partial charge in [0.15, 0.2) is 0 Å². The zero-order valence-electron chi connectivity index (χ0n) is 31.8. The van der Waals surface area contributed by atoms with Crippen LogP contribution in [0.2, 0.25) is 0 Å². The van der Waals surface area contributed by atoms with Crippen LogP contribution in [0.1, 0.15) is 41.4 Å². The summed E-state index contributed by atoms with van der Waals surface area (Å²) in [5.74, 6) is -1.78. The molecular weight excluding hydrogens is 828 g/mol. The predicted molar refractivity (Wildman–Crippen MR) is 219 cm³/mol. The van der Waals surface area contributed by atoms with Gasteiger partial charge < -0.3 is 45.5 Å². The van der Waals surface area contributed by atoms with E-state index in [1.165, 1.54) is 0 Å². The molecule has 4 aromatic carbocycles. The second-order valence-corrected chi connectivity index (χ2v) is 15.0. The summed E-state index contributed by atoms with van der Waals surface area (Å²) in [7, 11) is 9.59. The molecular formula is C42H49Cl2MnN5O8. The van der Waals surface area contributed by atoms with Crippen LogP contribution >= 0.6 is 20.2 Å². The van der Waals surface area contributed by atoms with Gasteiger partial charge in [-0.3, -0.25) is 0 Å². The molecule has 1 fully saturated rings. The molecule has 0 amide bonds. The number of hydrogen-bond donors (Lipinski definition) is 5. The van der Waals surface area contributed by atoms with Gasteiger partial charge >= 0.3 is 57.2 Å². The van der Waals surface area contributed by atoms with Crippen LogP contribution in [0.3, 0.4) is 0 Å². The van der Waals surface area contributed by atoms with E-state index < -0.39 is 23.9 Å². The SMILES string of the molecule is O=C(OC[C@H]1CN[C@H](COC(=O)c2ccccc2)CN[C@@H](COC(=O)c2ccccc2)CN[C@H](COC(=O)c2ccccc2)CNCCN1)c1ccccc1.[Cl][Mn][Cl]. The molecule has 0 radical (unpaired) electrons. The summed E-state index contributed by atoms with van der Waals surface area (Å²) in [5.41, 5.74) is 1.77. The van der Waals surface area contributed by atoms with Crippen molar-refractivity contribution in [2.45, 2.75) is 24.2 Å². The summed E-state index contributed by atoms with van der Waals surface area (Å²) in [4.78, 5) is 51.5. The van der Waals surface area contributed by atoms with E-state index in [-0.39, 0.29) is 63.7 Å². The van der Waals surface area contributed by atoms with E-state index in [2.05, 4.69) is 26.6 Å². The molecule has 311 valence electrons. The number of carbonyl (C=O) groups excluding carboxylic acids is 4. The first-order chi connectivity index (χ1) is 28.4. The Balaban J connectivity index is 0.00000240. The number of nitrogens with one attached hydrogen (secondary N) is 5. The summed E-state index contributed by atoms with van der Waals surface area (Å²) >= 11 is 0.00694. The molecule has 5 N–H and O–H groups in total. The van der Waals surface area contributed by atoms with Crippen LogP contribution in [-0.2, 0) is 32.1 Å². The summed E-state index contributed by atoms with van der Waals surface area (Å²) < 4.78 is 22.9. The monoisotopic (exact) mass is 876 g/mol. The molecule has 0 aliphatic carbocycles. The average molecular weight is 878 g/mol. The van der Waals surface area contributed by atoms with Crippen molar-refractivity contribution >= 4 is 44.1 Å². The molecule has 0 saturated carbocycles. The Bertz CT molecular complexity index is 1660. The Morgan fingerprint density at radius 3 is 0.983 bits per heavy atom. The van der Waals surface area contributed by atoms with E-state index in [0.717, 1.165) is 0 Å². The van der Waals surface area contributed by atoms with Crippen LogP contribution in [-0.4, -0.2) is 114 Å². The van der Waals surface area contributed by atoms with Gasteiger partial charge in [-0.2, -0.15) is 0 Å². The van der Waals surface area contributed by atoms with Crippen molar-refractivity contribution in [2.75, 3.05) is 65.7 Å². The van der Waals surface area contributed by atoms with Crippen LogP contribution in [0.25, 0.3) is 0 Å². The third-order valence-corrected chi connectivity index (χ3v) is 8.78. The molecule has 4 aromatic rings. The van der Waals surface area contributed by atoms with Gasteiger partial charge in [0.2, 0.25) is 0 Å². The van der Waals surface area contributed by atoms with E-state index in [9.17, 15) is 19.2 Å². The van der Waals surface area contributed by atoms with Gasteiger partial charge in [-0.05, 0) is 48.5 Å². The van der Waals surface area contributed by atoms with Gasteiger partial charge in [-0.1, -0.05) is 72.8 Å². The van der Waals surface area contributed by atoms with E-state index in [1.54, 1.807) is 97.1 Å². The third-order valence-electron chi connectivity index (χ3n) is 8.78. The van der Waals surface area contributed by atoms with E-state index in [4.69, 9.17) is 39.1 Å². The fourth-order valence-corrected chi connectivity index (χ4v) is 5.66. The Morgan fingerprint density at radius 1 is 0.431 bits per heavy atom. The Hall–Kier alpha value is -4.34. The van der Waals surface area contributed by atoms with Crippen LogP contribution in [0.5, 0.6) is 0 Å². The van der Waals surface area contributed by atoms with Crippen molar-refractivity contribution in [3.05, 3.63) is 144 Å². The number of halogens is 2. The van der Waals surface area contributed by atoms with Gasteiger partial charge in [0.05, 0.1) is 46.4 Å². The Kier molecular flexibility index (Phi) is 21.9. The minimum atomic E-state index is -0.460. The summed E-state index contributed by atoms with van der Waals surface area (Å²) in [6.45, 7) is 2.83. The number of hydrogen-bond acceptors (Lipinski definition) is 13. The van der Waals surface area contributed by atoms with Crippen molar-refractivity contribution in [3.63, 3.8) is 0 Å². The van der Waals surface area contributed by atoms with Gasteiger partial charge in [0.25, 0.3) is 0 Å². The van der Waals surface area contributed by atoms with Crippen LogP contribution in [0.4, 0.5) is 0 Å². The quantitative estimate of drug-likeness (QED) is 0.0782. The fourth-order valence-electron chi connectivity index (χ4n) is 5.66.